The van der Waals surface area contributed by atoms with Crippen molar-refractivity contribution in [2.24, 2.45) is 5.92 Å². The molecule has 0 atom stereocenters. The standard InChI is InChI=1S/C16H20N2O/c1-12(2)10-18-16(19)11-17-15-9-5-7-13-6-3-4-8-14(13)15/h3-9,12,17H,10-11H2,1-2H3,(H,18,19). The zero-order valence-corrected chi connectivity index (χ0v) is 11.4. The summed E-state index contributed by atoms with van der Waals surface area (Å²) in [6.07, 6.45) is 0. The minimum absolute atomic E-state index is 0.0293. The third-order valence-electron chi connectivity index (χ3n) is 2.94. The predicted octanol–water partition coefficient (Wildman–Crippen LogP) is 3.02. The van der Waals surface area contributed by atoms with Gasteiger partial charge in [0.05, 0.1) is 6.54 Å². The third-order valence-corrected chi connectivity index (χ3v) is 2.94. The average molecular weight is 256 g/mol. The van der Waals surface area contributed by atoms with Crippen molar-refractivity contribution in [1.29, 1.82) is 0 Å². The summed E-state index contributed by atoms with van der Waals surface area (Å²) in [5.41, 5.74) is 0.998. The van der Waals surface area contributed by atoms with Crippen LogP contribution in [-0.4, -0.2) is 19.0 Å². The number of nitrogens with one attached hydrogen (secondary N) is 2. The molecule has 0 saturated heterocycles. The smallest absolute Gasteiger partial charge is 0.239 e. The predicted molar refractivity (Wildman–Crippen MR) is 80.3 cm³/mol. The van der Waals surface area contributed by atoms with E-state index >= 15 is 0 Å². The number of hydrogen-bond acceptors (Lipinski definition) is 2. The zero-order valence-electron chi connectivity index (χ0n) is 11.4. The van der Waals surface area contributed by atoms with Crippen molar-refractivity contribution < 1.29 is 4.79 Å². The highest BCUT2D eigenvalue weighted by molar-refractivity contribution is 5.95. The van der Waals surface area contributed by atoms with Gasteiger partial charge in [0.25, 0.3) is 0 Å². The maximum Gasteiger partial charge on any atom is 0.239 e. The van der Waals surface area contributed by atoms with Gasteiger partial charge in [0, 0.05) is 17.6 Å². The van der Waals surface area contributed by atoms with Crippen molar-refractivity contribution in [3.8, 4) is 0 Å². The summed E-state index contributed by atoms with van der Waals surface area (Å²) in [6, 6.07) is 14.2. The van der Waals surface area contributed by atoms with E-state index in [0.29, 0.717) is 12.5 Å². The fraction of sp³-hybridized carbons (Fsp3) is 0.312. The van der Waals surface area contributed by atoms with E-state index in [9.17, 15) is 4.79 Å². The Morgan fingerprint density at radius 1 is 1.11 bits per heavy atom. The number of amides is 1. The van der Waals surface area contributed by atoms with E-state index in [0.717, 1.165) is 17.6 Å². The molecule has 1 amide bonds. The SMILES string of the molecule is CC(C)CNC(=O)CNc1cccc2ccccc12. The maximum absolute atomic E-state index is 11.7. The summed E-state index contributed by atoms with van der Waals surface area (Å²) in [6.45, 7) is 5.19. The number of anilines is 1. The van der Waals surface area contributed by atoms with E-state index in [2.05, 4.69) is 42.7 Å². The molecule has 0 radical (unpaired) electrons. The van der Waals surface area contributed by atoms with Crippen molar-refractivity contribution in [3.05, 3.63) is 42.5 Å². The summed E-state index contributed by atoms with van der Waals surface area (Å²) in [5.74, 6) is 0.503. The number of fused-ring (bicyclic) bond motifs is 1. The van der Waals surface area contributed by atoms with Crippen LogP contribution in [0.1, 0.15) is 13.8 Å². The lowest BCUT2D eigenvalue weighted by molar-refractivity contribution is -0.119. The third kappa shape index (κ3) is 3.71. The Bertz CT molecular complexity index is 558. The first-order valence-electron chi connectivity index (χ1n) is 6.65. The van der Waals surface area contributed by atoms with Crippen LogP contribution in [0.2, 0.25) is 0 Å². The minimum atomic E-state index is 0.0293. The van der Waals surface area contributed by atoms with Crippen LogP contribution in [0.5, 0.6) is 0 Å². The van der Waals surface area contributed by atoms with E-state index in [1.54, 1.807) is 0 Å². The Morgan fingerprint density at radius 2 is 1.84 bits per heavy atom. The Labute approximate surface area is 114 Å². The van der Waals surface area contributed by atoms with Crippen LogP contribution >= 0.6 is 0 Å². The van der Waals surface area contributed by atoms with E-state index in [4.69, 9.17) is 0 Å². The lowest BCUT2D eigenvalue weighted by atomic mass is 10.1. The molecule has 0 aliphatic heterocycles. The fourth-order valence-electron chi connectivity index (χ4n) is 1.94. The van der Waals surface area contributed by atoms with Crippen molar-refractivity contribution >= 4 is 22.4 Å². The second-order valence-corrected chi connectivity index (χ2v) is 5.08. The van der Waals surface area contributed by atoms with Crippen molar-refractivity contribution in [3.63, 3.8) is 0 Å². The van der Waals surface area contributed by atoms with Gasteiger partial charge in [-0.1, -0.05) is 50.2 Å². The first-order chi connectivity index (χ1) is 9.16. The second kappa shape index (κ2) is 6.23. The molecule has 3 nitrogen and oxygen atoms in total. The van der Waals surface area contributed by atoms with Crippen LogP contribution in [0.25, 0.3) is 10.8 Å². The molecule has 0 aliphatic rings. The first kappa shape index (κ1) is 13.4. The molecule has 3 heteroatoms. The van der Waals surface area contributed by atoms with Crippen LogP contribution in [0.15, 0.2) is 42.5 Å². The van der Waals surface area contributed by atoms with Gasteiger partial charge in [-0.05, 0) is 17.4 Å². The van der Waals surface area contributed by atoms with Gasteiger partial charge in [0.1, 0.15) is 0 Å². The molecular formula is C16H20N2O. The van der Waals surface area contributed by atoms with Crippen LogP contribution < -0.4 is 10.6 Å². The largest absolute Gasteiger partial charge is 0.376 e. The zero-order chi connectivity index (χ0) is 13.7. The fourth-order valence-corrected chi connectivity index (χ4v) is 1.94. The second-order valence-electron chi connectivity index (χ2n) is 5.08. The Balaban J connectivity index is 2.00. The Kier molecular flexibility index (Phi) is 4.39. The summed E-state index contributed by atoms with van der Waals surface area (Å²) >= 11 is 0. The van der Waals surface area contributed by atoms with E-state index in [1.807, 2.05) is 24.3 Å². The van der Waals surface area contributed by atoms with Crippen molar-refractivity contribution in [2.45, 2.75) is 13.8 Å². The van der Waals surface area contributed by atoms with Crippen LogP contribution in [0.4, 0.5) is 5.69 Å². The lowest BCUT2D eigenvalue weighted by Crippen LogP contribution is -2.32. The molecule has 0 spiro atoms. The minimum Gasteiger partial charge on any atom is -0.376 e. The molecule has 0 fully saturated rings. The quantitative estimate of drug-likeness (QED) is 0.863. The summed E-state index contributed by atoms with van der Waals surface area (Å²) < 4.78 is 0. The topological polar surface area (TPSA) is 41.1 Å². The number of carbonyl (C=O) groups is 1. The lowest BCUT2D eigenvalue weighted by Gasteiger charge is -2.11. The molecule has 19 heavy (non-hydrogen) atoms. The maximum atomic E-state index is 11.7. The van der Waals surface area contributed by atoms with Crippen LogP contribution in [-0.2, 0) is 4.79 Å². The number of hydrogen-bond donors (Lipinski definition) is 2. The molecule has 100 valence electrons. The molecule has 0 aromatic heterocycles. The molecule has 2 aromatic carbocycles. The van der Waals surface area contributed by atoms with Gasteiger partial charge in [-0.3, -0.25) is 4.79 Å². The summed E-state index contributed by atoms with van der Waals surface area (Å²) in [4.78, 5) is 11.7. The van der Waals surface area contributed by atoms with E-state index < -0.39 is 0 Å². The number of benzene rings is 2. The molecule has 2 aromatic rings. The Hall–Kier alpha value is -2.03. The van der Waals surface area contributed by atoms with Gasteiger partial charge in [-0.2, -0.15) is 0 Å². The molecule has 2 N–H and O–H groups in total. The molecule has 0 unspecified atom stereocenters. The van der Waals surface area contributed by atoms with Gasteiger partial charge in [-0.25, -0.2) is 0 Å². The first-order valence-corrected chi connectivity index (χ1v) is 6.65. The average Bonchev–Trinajstić information content (AvgIpc) is 2.42. The van der Waals surface area contributed by atoms with Gasteiger partial charge in [0.15, 0.2) is 0 Å². The molecular weight excluding hydrogens is 236 g/mol. The normalized spacial score (nSPS) is 10.7. The van der Waals surface area contributed by atoms with E-state index in [-0.39, 0.29) is 5.91 Å². The summed E-state index contributed by atoms with van der Waals surface area (Å²) in [5, 5.41) is 8.41. The molecule has 0 saturated carbocycles. The van der Waals surface area contributed by atoms with Gasteiger partial charge in [0.2, 0.25) is 5.91 Å². The van der Waals surface area contributed by atoms with Gasteiger partial charge < -0.3 is 10.6 Å². The highest BCUT2D eigenvalue weighted by Gasteiger charge is 2.04. The molecule has 0 aliphatic carbocycles. The van der Waals surface area contributed by atoms with Crippen LogP contribution in [0, 0.1) is 5.92 Å². The van der Waals surface area contributed by atoms with Crippen LogP contribution in [0.3, 0.4) is 0 Å². The Morgan fingerprint density at radius 3 is 2.63 bits per heavy atom. The number of carbonyl (C=O) groups excluding carboxylic acids is 1. The number of rotatable bonds is 5. The van der Waals surface area contributed by atoms with Gasteiger partial charge in [-0.15, -0.1) is 0 Å². The molecule has 2 rings (SSSR count). The highest BCUT2D eigenvalue weighted by atomic mass is 16.1. The molecule has 0 heterocycles. The van der Waals surface area contributed by atoms with Crippen molar-refractivity contribution in [1.82, 2.24) is 5.32 Å². The molecule has 0 bridgehead atoms. The van der Waals surface area contributed by atoms with E-state index in [1.165, 1.54) is 5.39 Å². The summed E-state index contributed by atoms with van der Waals surface area (Å²) in [7, 11) is 0. The highest BCUT2D eigenvalue weighted by Crippen LogP contribution is 2.22. The van der Waals surface area contributed by atoms with Gasteiger partial charge >= 0.3 is 0 Å². The van der Waals surface area contributed by atoms with Crippen molar-refractivity contribution in [2.75, 3.05) is 18.4 Å². The monoisotopic (exact) mass is 256 g/mol.